The fraction of sp³-hybridized carbons (Fsp3) is 0.462. The zero-order valence-electron chi connectivity index (χ0n) is 10.1. The number of nitrogens with one attached hydrogen (secondary N) is 2. The first kappa shape index (κ1) is 12.6. The van der Waals surface area contributed by atoms with E-state index in [4.69, 9.17) is 0 Å². The van der Waals surface area contributed by atoms with Gasteiger partial charge in [0, 0.05) is 11.0 Å². The summed E-state index contributed by atoms with van der Waals surface area (Å²) in [5.41, 5.74) is 2.00. The highest BCUT2D eigenvalue weighted by atomic mass is 79.9. The zero-order chi connectivity index (χ0) is 12.4. The topological polar surface area (TPSA) is 41.1 Å². The summed E-state index contributed by atoms with van der Waals surface area (Å²) < 4.78 is 0.926. The van der Waals surface area contributed by atoms with E-state index in [2.05, 4.69) is 33.5 Å². The average molecular weight is 297 g/mol. The molecule has 1 amide bonds. The fourth-order valence-corrected chi connectivity index (χ4v) is 2.47. The van der Waals surface area contributed by atoms with Crippen molar-refractivity contribution < 1.29 is 4.79 Å². The lowest BCUT2D eigenvalue weighted by Crippen LogP contribution is -2.28. The van der Waals surface area contributed by atoms with Gasteiger partial charge < -0.3 is 10.6 Å². The third kappa shape index (κ3) is 2.87. The molecule has 17 heavy (non-hydrogen) atoms. The number of hydrogen-bond donors (Lipinski definition) is 2. The third-order valence-electron chi connectivity index (χ3n) is 3.23. The van der Waals surface area contributed by atoms with Crippen molar-refractivity contribution in [2.75, 3.05) is 18.4 Å². The number of hydrogen-bond acceptors (Lipinski definition) is 2. The number of halogens is 1. The van der Waals surface area contributed by atoms with E-state index >= 15 is 0 Å². The summed E-state index contributed by atoms with van der Waals surface area (Å²) in [6.07, 6.45) is 0. The maximum Gasteiger partial charge on any atom is 0.229 e. The van der Waals surface area contributed by atoms with Crippen LogP contribution in [0.1, 0.15) is 12.5 Å². The van der Waals surface area contributed by atoms with Crippen LogP contribution in [-0.2, 0) is 4.79 Å². The number of amides is 1. The van der Waals surface area contributed by atoms with Crippen LogP contribution in [0, 0.1) is 18.8 Å². The lowest BCUT2D eigenvalue weighted by Gasteiger charge is -2.15. The summed E-state index contributed by atoms with van der Waals surface area (Å²) in [5, 5.41) is 6.24. The van der Waals surface area contributed by atoms with Gasteiger partial charge in [0.05, 0.1) is 11.6 Å². The molecule has 0 radical (unpaired) electrons. The van der Waals surface area contributed by atoms with Crippen LogP contribution >= 0.6 is 15.9 Å². The minimum absolute atomic E-state index is 0.0717. The van der Waals surface area contributed by atoms with Gasteiger partial charge in [0.15, 0.2) is 0 Å². The predicted octanol–water partition coefficient (Wildman–Crippen LogP) is 2.55. The summed E-state index contributed by atoms with van der Waals surface area (Å²) in [4.78, 5) is 12.1. The predicted molar refractivity (Wildman–Crippen MR) is 73.0 cm³/mol. The first-order valence-electron chi connectivity index (χ1n) is 5.85. The fourth-order valence-electron chi connectivity index (χ4n) is 2.12. The molecule has 1 fully saturated rings. The van der Waals surface area contributed by atoms with E-state index in [1.54, 1.807) is 0 Å². The van der Waals surface area contributed by atoms with Crippen molar-refractivity contribution in [2.45, 2.75) is 13.8 Å². The van der Waals surface area contributed by atoms with E-state index in [0.717, 1.165) is 28.8 Å². The van der Waals surface area contributed by atoms with Crippen LogP contribution in [0.25, 0.3) is 0 Å². The molecular weight excluding hydrogens is 280 g/mol. The summed E-state index contributed by atoms with van der Waals surface area (Å²) in [6.45, 7) is 5.82. The Morgan fingerprint density at radius 3 is 2.88 bits per heavy atom. The van der Waals surface area contributed by atoms with Crippen LogP contribution in [0.15, 0.2) is 22.7 Å². The molecule has 2 rings (SSSR count). The Balaban J connectivity index is 2.10. The van der Waals surface area contributed by atoms with Crippen molar-refractivity contribution in [3.63, 3.8) is 0 Å². The molecule has 4 heteroatoms. The molecule has 0 saturated carbocycles. The molecule has 3 nitrogen and oxygen atoms in total. The van der Waals surface area contributed by atoms with Gasteiger partial charge in [-0.15, -0.1) is 0 Å². The van der Waals surface area contributed by atoms with Crippen molar-refractivity contribution in [2.24, 2.45) is 11.8 Å². The Labute approximate surface area is 110 Å². The smallest absolute Gasteiger partial charge is 0.229 e. The minimum Gasteiger partial charge on any atom is -0.325 e. The lowest BCUT2D eigenvalue weighted by molar-refractivity contribution is -0.120. The van der Waals surface area contributed by atoms with Gasteiger partial charge in [-0.05, 0) is 53.0 Å². The third-order valence-corrected chi connectivity index (χ3v) is 3.93. The summed E-state index contributed by atoms with van der Waals surface area (Å²) in [6, 6.07) is 5.95. The number of carbonyl (C=O) groups is 1. The van der Waals surface area contributed by atoms with E-state index in [-0.39, 0.29) is 11.8 Å². The van der Waals surface area contributed by atoms with Crippen LogP contribution in [0.4, 0.5) is 5.69 Å². The molecule has 2 atom stereocenters. The minimum atomic E-state index is 0.0717. The highest BCUT2D eigenvalue weighted by Gasteiger charge is 2.29. The summed E-state index contributed by atoms with van der Waals surface area (Å²) in [7, 11) is 0. The van der Waals surface area contributed by atoms with E-state index in [9.17, 15) is 4.79 Å². The van der Waals surface area contributed by atoms with E-state index in [0.29, 0.717) is 5.92 Å². The number of aryl methyl sites for hydroxylation is 1. The van der Waals surface area contributed by atoms with Crippen molar-refractivity contribution >= 4 is 27.5 Å². The molecule has 0 unspecified atom stereocenters. The second-order valence-electron chi connectivity index (χ2n) is 4.71. The van der Waals surface area contributed by atoms with Crippen LogP contribution in [-0.4, -0.2) is 19.0 Å². The summed E-state index contributed by atoms with van der Waals surface area (Å²) >= 11 is 3.45. The lowest BCUT2D eigenvalue weighted by atomic mass is 9.97. The van der Waals surface area contributed by atoms with Crippen molar-refractivity contribution in [3.05, 3.63) is 28.2 Å². The molecule has 0 aromatic heterocycles. The molecule has 0 bridgehead atoms. The highest BCUT2D eigenvalue weighted by molar-refractivity contribution is 9.10. The van der Waals surface area contributed by atoms with Crippen LogP contribution in [0.2, 0.25) is 0 Å². The van der Waals surface area contributed by atoms with Gasteiger partial charge in [-0.1, -0.05) is 13.0 Å². The largest absolute Gasteiger partial charge is 0.325 e. The molecule has 92 valence electrons. The first-order chi connectivity index (χ1) is 8.08. The van der Waals surface area contributed by atoms with E-state index in [1.165, 1.54) is 0 Å². The van der Waals surface area contributed by atoms with E-state index < -0.39 is 0 Å². The zero-order valence-corrected chi connectivity index (χ0v) is 11.7. The number of benzene rings is 1. The van der Waals surface area contributed by atoms with Gasteiger partial charge in [0.1, 0.15) is 0 Å². The van der Waals surface area contributed by atoms with Crippen molar-refractivity contribution in [3.8, 4) is 0 Å². The van der Waals surface area contributed by atoms with Crippen LogP contribution in [0.3, 0.4) is 0 Å². The molecule has 2 N–H and O–H groups in total. The maximum atomic E-state index is 12.1. The van der Waals surface area contributed by atoms with Gasteiger partial charge in [-0.2, -0.15) is 0 Å². The monoisotopic (exact) mass is 296 g/mol. The Hall–Kier alpha value is -0.870. The Morgan fingerprint density at radius 1 is 1.47 bits per heavy atom. The molecule has 1 aromatic carbocycles. The number of carbonyl (C=O) groups excluding carboxylic acids is 1. The second kappa shape index (κ2) is 5.19. The first-order valence-corrected chi connectivity index (χ1v) is 6.65. The molecule has 0 spiro atoms. The molecule has 1 aliphatic heterocycles. The van der Waals surface area contributed by atoms with Gasteiger partial charge >= 0.3 is 0 Å². The normalized spacial score (nSPS) is 23.7. The van der Waals surface area contributed by atoms with Crippen LogP contribution < -0.4 is 10.6 Å². The average Bonchev–Trinajstić information content (AvgIpc) is 2.70. The molecule has 0 aliphatic carbocycles. The Kier molecular flexibility index (Phi) is 3.84. The Bertz CT molecular complexity index is 433. The molecule has 1 aliphatic rings. The quantitative estimate of drug-likeness (QED) is 0.881. The second-order valence-corrected chi connectivity index (χ2v) is 5.57. The standard InChI is InChI=1S/C13H17BrN2O/c1-8-3-4-11(14)12(5-8)16-13(17)10-7-15-6-9(10)2/h3-5,9-10,15H,6-7H2,1-2H3,(H,16,17)/t9-,10-/m1/s1. The van der Waals surface area contributed by atoms with Crippen molar-refractivity contribution in [1.82, 2.24) is 5.32 Å². The SMILES string of the molecule is Cc1ccc(Br)c(NC(=O)[C@@H]2CNC[C@H]2C)c1. The van der Waals surface area contributed by atoms with Crippen molar-refractivity contribution in [1.29, 1.82) is 0 Å². The Morgan fingerprint density at radius 2 is 2.24 bits per heavy atom. The van der Waals surface area contributed by atoms with E-state index in [1.807, 2.05) is 25.1 Å². The van der Waals surface area contributed by atoms with Gasteiger partial charge in [-0.3, -0.25) is 4.79 Å². The van der Waals surface area contributed by atoms with Gasteiger partial charge in [-0.25, -0.2) is 0 Å². The van der Waals surface area contributed by atoms with Gasteiger partial charge in [0.25, 0.3) is 0 Å². The highest BCUT2D eigenvalue weighted by Crippen LogP contribution is 2.25. The summed E-state index contributed by atoms with van der Waals surface area (Å²) in [5.74, 6) is 0.579. The molecule has 1 saturated heterocycles. The molecule has 1 aromatic rings. The maximum absolute atomic E-state index is 12.1. The number of rotatable bonds is 2. The van der Waals surface area contributed by atoms with Crippen LogP contribution in [0.5, 0.6) is 0 Å². The molecular formula is C13H17BrN2O. The van der Waals surface area contributed by atoms with Gasteiger partial charge in [0.2, 0.25) is 5.91 Å². The molecule has 1 heterocycles. The number of anilines is 1.